The van der Waals surface area contributed by atoms with Crippen molar-refractivity contribution >= 4 is 17.7 Å². The Balaban J connectivity index is 2.25. The molecule has 0 saturated carbocycles. The van der Waals surface area contributed by atoms with E-state index in [0.29, 0.717) is 11.8 Å². The smallest absolute Gasteiger partial charge is 0.126 e. The molecular formula is C18H20O. The predicted molar refractivity (Wildman–Crippen MR) is 82.0 cm³/mol. The topological polar surface area (TPSA) is 9.23 Å². The van der Waals surface area contributed by atoms with Gasteiger partial charge in [-0.1, -0.05) is 38.1 Å². The van der Waals surface area contributed by atoms with E-state index in [1.807, 2.05) is 0 Å². The Bertz CT molecular complexity index is 615. The molecule has 1 aromatic carbocycles. The van der Waals surface area contributed by atoms with Crippen molar-refractivity contribution in [1.82, 2.24) is 0 Å². The first kappa shape index (κ1) is 12.3. The maximum atomic E-state index is 5.50. The van der Waals surface area contributed by atoms with Gasteiger partial charge in [0, 0.05) is 5.56 Å². The van der Waals surface area contributed by atoms with E-state index in [4.69, 9.17) is 4.74 Å². The molecule has 0 amide bonds. The largest absolute Gasteiger partial charge is 0.496 e. The van der Waals surface area contributed by atoms with Gasteiger partial charge in [-0.3, -0.25) is 0 Å². The Morgan fingerprint density at radius 2 is 2.00 bits per heavy atom. The molecule has 0 aromatic heterocycles. The Kier molecular flexibility index (Phi) is 2.85. The molecule has 0 spiro atoms. The Morgan fingerprint density at radius 3 is 2.68 bits per heavy atom. The second kappa shape index (κ2) is 4.41. The van der Waals surface area contributed by atoms with E-state index >= 15 is 0 Å². The number of methoxy groups -OCH3 is 1. The second-order valence-corrected chi connectivity index (χ2v) is 5.73. The third-order valence-electron chi connectivity index (χ3n) is 4.14. The minimum atomic E-state index is 0.502. The molecule has 1 heteroatoms. The van der Waals surface area contributed by atoms with Gasteiger partial charge in [0.25, 0.3) is 0 Å². The summed E-state index contributed by atoms with van der Waals surface area (Å²) in [6, 6.07) is 4.23. The van der Waals surface area contributed by atoms with Crippen molar-refractivity contribution in [2.24, 2.45) is 11.8 Å². The average Bonchev–Trinajstić information content (AvgIpc) is 2.60. The van der Waals surface area contributed by atoms with Crippen LogP contribution >= 0.6 is 0 Å². The van der Waals surface area contributed by atoms with Crippen LogP contribution in [0.4, 0.5) is 0 Å². The number of hydrogen-bond acceptors (Lipinski definition) is 1. The fraction of sp³-hybridized carbons (Fsp3) is 0.333. The highest BCUT2D eigenvalue weighted by Crippen LogP contribution is 2.44. The summed E-state index contributed by atoms with van der Waals surface area (Å²) in [6.45, 7) is 6.74. The first-order valence-electron chi connectivity index (χ1n) is 6.92. The van der Waals surface area contributed by atoms with E-state index in [-0.39, 0.29) is 0 Å². The highest BCUT2D eigenvalue weighted by molar-refractivity contribution is 5.99. The molecule has 0 radical (unpaired) electrons. The van der Waals surface area contributed by atoms with Crippen molar-refractivity contribution in [1.29, 1.82) is 0 Å². The van der Waals surface area contributed by atoms with E-state index in [2.05, 4.69) is 57.2 Å². The van der Waals surface area contributed by atoms with Crippen molar-refractivity contribution in [3.8, 4) is 5.75 Å². The molecule has 0 heterocycles. The fourth-order valence-corrected chi connectivity index (χ4v) is 2.96. The zero-order chi connectivity index (χ0) is 13.6. The molecule has 0 bridgehead atoms. The molecule has 19 heavy (non-hydrogen) atoms. The SMILES string of the molecule is COc1ccc2c3c1C=C(C)C3=CC(C(C)C)C=C2. The summed E-state index contributed by atoms with van der Waals surface area (Å²) >= 11 is 0. The molecule has 0 saturated heterocycles. The van der Waals surface area contributed by atoms with E-state index in [9.17, 15) is 0 Å². The average molecular weight is 252 g/mol. The van der Waals surface area contributed by atoms with Crippen LogP contribution in [-0.4, -0.2) is 7.11 Å². The molecule has 1 nitrogen and oxygen atoms in total. The van der Waals surface area contributed by atoms with Crippen LogP contribution in [0.15, 0.2) is 29.9 Å². The summed E-state index contributed by atoms with van der Waals surface area (Å²) in [7, 11) is 1.74. The number of benzene rings is 1. The Hall–Kier alpha value is -1.76. The first-order chi connectivity index (χ1) is 9.11. The molecule has 1 unspecified atom stereocenters. The van der Waals surface area contributed by atoms with Crippen molar-refractivity contribution < 1.29 is 4.74 Å². The van der Waals surface area contributed by atoms with Crippen molar-refractivity contribution in [3.63, 3.8) is 0 Å². The third-order valence-corrected chi connectivity index (χ3v) is 4.14. The minimum Gasteiger partial charge on any atom is -0.496 e. The number of ether oxygens (including phenoxy) is 1. The van der Waals surface area contributed by atoms with Gasteiger partial charge in [-0.15, -0.1) is 0 Å². The minimum absolute atomic E-state index is 0.502. The lowest BCUT2D eigenvalue weighted by Gasteiger charge is -2.13. The number of allylic oxidation sites excluding steroid dienone is 4. The van der Waals surface area contributed by atoms with Gasteiger partial charge < -0.3 is 4.74 Å². The molecule has 1 atom stereocenters. The summed E-state index contributed by atoms with van der Waals surface area (Å²) in [5.74, 6) is 2.09. The zero-order valence-corrected chi connectivity index (χ0v) is 12.0. The van der Waals surface area contributed by atoms with Crippen LogP contribution in [0.2, 0.25) is 0 Å². The Morgan fingerprint density at radius 1 is 1.21 bits per heavy atom. The standard InChI is InChI=1S/C18H20O/c1-11(2)14-6-5-13-7-8-17(19-4)16-9-12(3)15(10-14)18(13)16/h5-11,14H,1-4H3. The molecule has 2 aliphatic carbocycles. The van der Waals surface area contributed by atoms with Crippen LogP contribution in [0, 0.1) is 11.8 Å². The van der Waals surface area contributed by atoms with Gasteiger partial charge in [-0.2, -0.15) is 0 Å². The molecule has 0 N–H and O–H groups in total. The quantitative estimate of drug-likeness (QED) is 0.735. The van der Waals surface area contributed by atoms with Gasteiger partial charge in [0.05, 0.1) is 7.11 Å². The fourth-order valence-electron chi connectivity index (χ4n) is 2.96. The van der Waals surface area contributed by atoms with Crippen LogP contribution in [0.25, 0.3) is 17.7 Å². The molecule has 0 fully saturated rings. The monoisotopic (exact) mass is 252 g/mol. The summed E-state index contributed by atoms with van der Waals surface area (Å²) in [4.78, 5) is 0. The van der Waals surface area contributed by atoms with Gasteiger partial charge in [0.15, 0.2) is 0 Å². The number of rotatable bonds is 2. The highest BCUT2D eigenvalue weighted by Gasteiger charge is 2.25. The lowest BCUT2D eigenvalue weighted by atomic mass is 9.92. The lowest BCUT2D eigenvalue weighted by Crippen LogP contribution is -2.01. The van der Waals surface area contributed by atoms with E-state index in [0.717, 1.165) is 5.75 Å². The predicted octanol–water partition coefficient (Wildman–Crippen LogP) is 4.79. The maximum absolute atomic E-state index is 5.50. The third kappa shape index (κ3) is 1.85. The van der Waals surface area contributed by atoms with Crippen LogP contribution in [-0.2, 0) is 0 Å². The van der Waals surface area contributed by atoms with Crippen molar-refractivity contribution in [2.45, 2.75) is 20.8 Å². The van der Waals surface area contributed by atoms with Crippen LogP contribution < -0.4 is 4.74 Å². The van der Waals surface area contributed by atoms with Gasteiger partial charge in [0.1, 0.15) is 5.75 Å². The summed E-state index contributed by atoms with van der Waals surface area (Å²) in [5.41, 5.74) is 6.61. The van der Waals surface area contributed by atoms with Crippen molar-refractivity contribution in [3.05, 3.63) is 46.5 Å². The maximum Gasteiger partial charge on any atom is 0.126 e. The van der Waals surface area contributed by atoms with Gasteiger partial charge in [0.2, 0.25) is 0 Å². The molecule has 1 aromatic rings. The lowest BCUT2D eigenvalue weighted by molar-refractivity contribution is 0.414. The van der Waals surface area contributed by atoms with Crippen LogP contribution in [0.3, 0.4) is 0 Å². The molecule has 0 aliphatic heterocycles. The highest BCUT2D eigenvalue weighted by atomic mass is 16.5. The summed E-state index contributed by atoms with van der Waals surface area (Å²) < 4.78 is 5.50. The van der Waals surface area contributed by atoms with E-state index in [1.54, 1.807) is 7.11 Å². The Labute approximate surface area is 115 Å². The van der Waals surface area contributed by atoms with E-state index in [1.165, 1.54) is 27.8 Å². The molecular weight excluding hydrogens is 232 g/mol. The van der Waals surface area contributed by atoms with Gasteiger partial charge in [-0.05, 0) is 53.2 Å². The van der Waals surface area contributed by atoms with Crippen LogP contribution in [0.1, 0.15) is 37.5 Å². The van der Waals surface area contributed by atoms with E-state index < -0.39 is 0 Å². The number of hydrogen-bond donors (Lipinski definition) is 0. The van der Waals surface area contributed by atoms with Gasteiger partial charge >= 0.3 is 0 Å². The normalized spacial score (nSPS) is 19.9. The summed E-state index contributed by atoms with van der Waals surface area (Å²) in [5, 5.41) is 0. The second-order valence-electron chi connectivity index (χ2n) is 5.73. The van der Waals surface area contributed by atoms with Gasteiger partial charge in [-0.25, -0.2) is 0 Å². The molecule has 98 valence electrons. The van der Waals surface area contributed by atoms with Crippen molar-refractivity contribution in [2.75, 3.05) is 7.11 Å². The van der Waals surface area contributed by atoms with Crippen LogP contribution in [0.5, 0.6) is 5.75 Å². The molecule has 2 aliphatic rings. The summed E-state index contributed by atoms with van der Waals surface area (Å²) in [6.07, 6.45) is 9.25. The molecule has 3 rings (SSSR count). The zero-order valence-electron chi connectivity index (χ0n) is 12.0. The first-order valence-corrected chi connectivity index (χ1v) is 6.92.